The van der Waals surface area contributed by atoms with E-state index in [0.29, 0.717) is 17.9 Å². The lowest BCUT2D eigenvalue weighted by atomic mass is 10.1. The van der Waals surface area contributed by atoms with Crippen molar-refractivity contribution in [1.82, 2.24) is 5.32 Å². The first kappa shape index (κ1) is 15.4. The van der Waals surface area contributed by atoms with Gasteiger partial charge in [-0.25, -0.2) is 0 Å². The third kappa shape index (κ3) is 4.00. The molecule has 110 valence electrons. The van der Waals surface area contributed by atoms with Crippen molar-refractivity contribution in [2.75, 3.05) is 12.9 Å². The van der Waals surface area contributed by atoms with Crippen LogP contribution in [0.4, 0.5) is 0 Å². The van der Waals surface area contributed by atoms with E-state index in [-0.39, 0.29) is 5.91 Å². The first-order valence-corrected chi connectivity index (χ1v) is 8.29. The fourth-order valence-electron chi connectivity index (χ4n) is 2.73. The lowest BCUT2D eigenvalue weighted by Gasteiger charge is -2.20. The zero-order chi connectivity index (χ0) is 14.4. The first-order chi connectivity index (χ1) is 9.74. The summed E-state index contributed by atoms with van der Waals surface area (Å²) in [6, 6.07) is 7.99. The van der Waals surface area contributed by atoms with Crippen LogP contribution in [0.25, 0.3) is 0 Å². The molecule has 1 saturated carbocycles. The van der Waals surface area contributed by atoms with E-state index < -0.39 is 0 Å². The van der Waals surface area contributed by atoms with Crippen LogP contribution in [0.3, 0.4) is 0 Å². The number of carbonyl (C=O) groups excluding carboxylic acids is 1. The van der Waals surface area contributed by atoms with Gasteiger partial charge >= 0.3 is 0 Å². The minimum Gasteiger partial charge on any atom is -0.380 e. The first-order valence-electron chi connectivity index (χ1n) is 7.25. The summed E-state index contributed by atoms with van der Waals surface area (Å²) < 4.78 is 5.11. The summed E-state index contributed by atoms with van der Waals surface area (Å²) in [7, 11) is 1.66. The van der Waals surface area contributed by atoms with Crippen molar-refractivity contribution in [3.8, 4) is 0 Å². The van der Waals surface area contributed by atoms with Gasteiger partial charge in [0.25, 0.3) is 5.91 Å². The quantitative estimate of drug-likeness (QED) is 0.875. The molecule has 1 aliphatic rings. The lowest BCUT2D eigenvalue weighted by Crippen LogP contribution is -2.38. The fraction of sp³-hybridized carbons (Fsp3) is 0.562. The predicted molar refractivity (Wildman–Crippen MR) is 84.2 cm³/mol. The molecule has 1 N–H and O–H groups in total. The van der Waals surface area contributed by atoms with Gasteiger partial charge in [0.05, 0.1) is 6.61 Å². The number of nitrogens with one attached hydrogen (secondary N) is 1. The molecule has 0 radical (unpaired) electrons. The highest BCUT2D eigenvalue weighted by Gasteiger charge is 2.28. The largest absolute Gasteiger partial charge is 0.380 e. The number of carbonyl (C=O) groups is 1. The summed E-state index contributed by atoms with van der Waals surface area (Å²) in [5.41, 5.74) is 1.76. The van der Waals surface area contributed by atoms with E-state index in [1.54, 1.807) is 7.11 Å². The maximum atomic E-state index is 12.3. The van der Waals surface area contributed by atoms with Crippen LogP contribution < -0.4 is 5.32 Å². The van der Waals surface area contributed by atoms with Crippen LogP contribution in [-0.4, -0.2) is 30.1 Å². The van der Waals surface area contributed by atoms with Gasteiger partial charge in [-0.15, -0.1) is 0 Å². The van der Waals surface area contributed by atoms with Crippen LogP contribution >= 0.6 is 11.8 Å². The van der Waals surface area contributed by atoms with Crippen LogP contribution in [-0.2, 0) is 11.3 Å². The fourth-order valence-corrected chi connectivity index (χ4v) is 3.92. The molecule has 20 heavy (non-hydrogen) atoms. The summed E-state index contributed by atoms with van der Waals surface area (Å²) >= 11 is 1.96. The zero-order valence-electron chi connectivity index (χ0n) is 12.2. The molecule has 0 aromatic heterocycles. The third-order valence-corrected chi connectivity index (χ3v) is 4.98. The Kier molecular flexibility index (Phi) is 5.92. The molecule has 1 amide bonds. The van der Waals surface area contributed by atoms with Gasteiger partial charge < -0.3 is 10.1 Å². The molecule has 0 heterocycles. The smallest absolute Gasteiger partial charge is 0.251 e. The number of methoxy groups -OCH3 is 1. The molecule has 0 spiro atoms. The van der Waals surface area contributed by atoms with Gasteiger partial charge in [-0.2, -0.15) is 11.8 Å². The van der Waals surface area contributed by atoms with Crippen LogP contribution in [0.5, 0.6) is 0 Å². The number of benzene rings is 1. The Morgan fingerprint density at radius 3 is 3.05 bits per heavy atom. The number of hydrogen-bond donors (Lipinski definition) is 1. The lowest BCUT2D eigenvalue weighted by molar-refractivity contribution is 0.0938. The molecule has 1 aliphatic carbocycles. The van der Waals surface area contributed by atoms with Gasteiger partial charge in [0, 0.05) is 24.0 Å². The molecule has 0 aliphatic heterocycles. The Balaban J connectivity index is 1.98. The Bertz CT molecular complexity index is 450. The minimum atomic E-state index is 0.0385. The summed E-state index contributed by atoms with van der Waals surface area (Å²) in [5, 5.41) is 3.77. The van der Waals surface area contributed by atoms with Crippen molar-refractivity contribution in [2.45, 2.75) is 44.1 Å². The van der Waals surface area contributed by atoms with Crippen molar-refractivity contribution < 1.29 is 9.53 Å². The van der Waals surface area contributed by atoms with Gasteiger partial charge in [0.15, 0.2) is 0 Å². The van der Waals surface area contributed by atoms with Gasteiger partial charge in [0.1, 0.15) is 0 Å². The highest BCUT2D eigenvalue weighted by Crippen LogP contribution is 2.30. The van der Waals surface area contributed by atoms with Crippen LogP contribution in [0, 0.1) is 0 Å². The molecule has 4 heteroatoms. The van der Waals surface area contributed by atoms with Gasteiger partial charge in [-0.05, 0) is 36.3 Å². The Hall–Kier alpha value is -1.00. The maximum Gasteiger partial charge on any atom is 0.251 e. The molecule has 1 fully saturated rings. The number of rotatable bonds is 6. The average molecular weight is 293 g/mol. The monoisotopic (exact) mass is 293 g/mol. The zero-order valence-corrected chi connectivity index (χ0v) is 13.0. The van der Waals surface area contributed by atoms with Crippen LogP contribution in [0.1, 0.15) is 42.1 Å². The van der Waals surface area contributed by atoms with Gasteiger partial charge in [-0.3, -0.25) is 4.79 Å². The molecule has 0 unspecified atom stereocenters. The van der Waals surface area contributed by atoms with E-state index in [2.05, 4.69) is 12.2 Å². The van der Waals surface area contributed by atoms with Crippen molar-refractivity contribution in [2.24, 2.45) is 0 Å². The second kappa shape index (κ2) is 7.70. The maximum absolute atomic E-state index is 12.3. The Labute approximate surface area is 125 Å². The van der Waals surface area contributed by atoms with Crippen molar-refractivity contribution in [3.05, 3.63) is 35.4 Å². The Morgan fingerprint density at radius 2 is 2.30 bits per heavy atom. The number of ether oxygens (including phenoxy) is 1. The normalized spacial score (nSPS) is 21.9. The SMILES string of the molecule is CCS[C@@H]1CCC[C@H]1NC(=O)c1cccc(COC)c1. The molecule has 0 saturated heterocycles. The highest BCUT2D eigenvalue weighted by molar-refractivity contribution is 7.99. The Morgan fingerprint density at radius 1 is 1.45 bits per heavy atom. The van der Waals surface area contributed by atoms with Crippen LogP contribution in [0.2, 0.25) is 0 Å². The summed E-state index contributed by atoms with van der Waals surface area (Å²) in [4.78, 5) is 12.3. The van der Waals surface area contributed by atoms with E-state index in [0.717, 1.165) is 23.3 Å². The average Bonchev–Trinajstić information content (AvgIpc) is 2.87. The second-order valence-corrected chi connectivity index (χ2v) is 6.65. The van der Waals surface area contributed by atoms with E-state index in [1.165, 1.54) is 12.8 Å². The molecule has 1 aromatic rings. The second-order valence-electron chi connectivity index (χ2n) is 5.14. The van der Waals surface area contributed by atoms with E-state index in [1.807, 2.05) is 36.0 Å². The van der Waals surface area contributed by atoms with Crippen molar-refractivity contribution in [1.29, 1.82) is 0 Å². The summed E-state index contributed by atoms with van der Waals surface area (Å²) in [6.07, 6.45) is 3.53. The van der Waals surface area contributed by atoms with Crippen molar-refractivity contribution >= 4 is 17.7 Å². The highest BCUT2D eigenvalue weighted by atomic mass is 32.2. The number of hydrogen-bond acceptors (Lipinski definition) is 3. The summed E-state index contributed by atoms with van der Waals surface area (Å²) in [6.45, 7) is 2.72. The molecule has 2 atom stereocenters. The molecular weight excluding hydrogens is 270 g/mol. The number of amides is 1. The standard InChI is InChI=1S/C16H23NO2S/c1-3-20-15-9-5-8-14(15)17-16(18)13-7-4-6-12(10-13)11-19-2/h4,6-7,10,14-15H,3,5,8-9,11H2,1-2H3,(H,17,18)/t14-,15-/m1/s1. The van der Waals surface area contributed by atoms with Gasteiger partial charge in [-0.1, -0.05) is 25.5 Å². The minimum absolute atomic E-state index is 0.0385. The van der Waals surface area contributed by atoms with Gasteiger partial charge in [0.2, 0.25) is 0 Å². The third-order valence-electron chi connectivity index (χ3n) is 3.65. The number of thioether (sulfide) groups is 1. The van der Waals surface area contributed by atoms with Crippen molar-refractivity contribution in [3.63, 3.8) is 0 Å². The topological polar surface area (TPSA) is 38.3 Å². The summed E-state index contributed by atoms with van der Waals surface area (Å²) in [5.74, 6) is 1.15. The molecule has 1 aromatic carbocycles. The van der Waals surface area contributed by atoms with E-state index in [4.69, 9.17) is 4.74 Å². The molecule has 0 bridgehead atoms. The molecule has 2 rings (SSSR count). The molecule has 3 nitrogen and oxygen atoms in total. The van der Waals surface area contributed by atoms with E-state index in [9.17, 15) is 4.79 Å². The van der Waals surface area contributed by atoms with E-state index >= 15 is 0 Å². The predicted octanol–water partition coefficient (Wildman–Crippen LogP) is 3.24. The molecular formula is C16H23NO2S. The van der Waals surface area contributed by atoms with Crippen LogP contribution in [0.15, 0.2) is 24.3 Å².